The van der Waals surface area contributed by atoms with Gasteiger partial charge in [0.25, 0.3) is 0 Å². The van der Waals surface area contributed by atoms with Crippen molar-refractivity contribution in [2.75, 3.05) is 7.11 Å². The summed E-state index contributed by atoms with van der Waals surface area (Å²) < 4.78 is 5.24. The van der Waals surface area contributed by atoms with Crippen molar-refractivity contribution in [3.05, 3.63) is 101 Å². The Morgan fingerprint density at radius 1 is 0.939 bits per heavy atom. The van der Waals surface area contributed by atoms with Crippen molar-refractivity contribution in [3.8, 4) is 5.75 Å². The maximum absolute atomic E-state index is 13.5. The zero-order valence-electron chi connectivity index (χ0n) is 19.0. The van der Waals surface area contributed by atoms with Crippen LogP contribution in [0.5, 0.6) is 5.75 Å². The van der Waals surface area contributed by atoms with E-state index in [0.29, 0.717) is 31.0 Å². The highest BCUT2D eigenvalue weighted by Crippen LogP contribution is 2.26. The number of nitrogens with zero attached hydrogens (tertiary/aromatic N) is 1. The van der Waals surface area contributed by atoms with E-state index < -0.39 is 6.04 Å². The zero-order chi connectivity index (χ0) is 23.6. The molecule has 172 valence electrons. The summed E-state index contributed by atoms with van der Waals surface area (Å²) in [5.74, 6) is 0.448. The molecule has 0 fully saturated rings. The van der Waals surface area contributed by atoms with Crippen molar-refractivity contribution in [3.63, 3.8) is 0 Å². The predicted molar refractivity (Wildman–Crippen MR) is 131 cm³/mol. The maximum atomic E-state index is 13.5. The van der Waals surface area contributed by atoms with Crippen molar-refractivity contribution in [2.45, 2.75) is 38.9 Å². The van der Waals surface area contributed by atoms with Crippen LogP contribution in [0.15, 0.2) is 78.9 Å². The number of carbonyl (C=O) groups excluding carboxylic acids is 2. The number of benzene rings is 3. The fourth-order valence-corrected chi connectivity index (χ4v) is 3.73. The van der Waals surface area contributed by atoms with Gasteiger partial charge in [-0.25, -0.2) is 0 Å². The molecule has 1 atom stereocenters. The largest absolute Gasteiger partial charge is 0.497 e. The van der Waals surface area contributed by atoms with Crippen LogP contribution in [0.1, 0.15) is 42.5 Å². The maximum Gasteiger partial charge on any atom is 0.247 e. The molecule has 1 N–H and O–H groups in total. The molecule has 5 nitrogen and oxygen atoms in total. The van der Waals surface area contributed by atoms with Crippen LogP contribution < -0.4 is 10.1 Å². The first-order valence-electron chi connectivity index (χ1n) is 11.0. The molecule has 0 aliphatic rings. The molecule has 0 aliphatic heterocycles. The lowest BCUT2D eigenvalue weighted by atomic mass is 10.0. The number of amides is 2. The van der Waals surface area contributed by atoms with Gasteiger partial charge in [-0.3, -0.25) is 9.59 Å². The van der Waals surface area contributed by atoms with Crippen LogP contribution in [-0.4, -0.2) is 23.8 Å². The van der Waals surface area contributed by atoms with Crippen molar-refractivity contribution in [2.24, 2.45) is 0 Å². The summed E-state index contributed by atoms with van der Waals surface area (Å²) in [7, 11) is 1.61. The monoisotopic (exact) mass is 464 g/mol. The molecule has 0 heterocycles. The lowest BCUT2D eigenvalue weighted by Crippen LogP contribution is -2.43. The van der Waals surface area contributed by atoms with Crippen LogP contribution in [0.4, 0.5) is 0 Å². The van der Waals surface area contributed by atoms with E-state index in [-0.39, 0.29) is 11.8 Å². The molecule has 0 aliphatic carbocycles. The Labute approximate surface area is 200 Å². The highest BCUT2D eigenvalue weighted by atomic mass is 35.5. The summed E-state index contributed by atoms with van der Waals surface area (Å²) >= 11 is 5.97. The molecule has 0 radical (unpaired) electrons. The Morgan fingerprint density at radius 2 is 1.58 bits per heavy atom. The van der Waals surface area contributed by atoms with Gasteiger partial charge in [-0.1, -0.05) is 73.1 Å². The summed E-state index contributed by atoms with van der Waals surface area (Å²) in [5, 5.41) is 3.64. The first-order valence-corrected chi connectivity index (χ1v) is 11.4. The van der Waals surface area contributed by atoms with Gasteiger partial charge in [-0.05, 0) is 47.4 Å². The van der Waals surface area contributed by atoms with Gasteiger partial charge in [-0.2, -0.15) is 0 Å². The highest BCUT2D eigenvalue weighted by molar-refractivity contribution is 6.30. The van der Waals surface area contributed by atoms with Gasteiger partial charge in [-0.15, -0.1) is 0 Å². The van der Waals surface area contributed by atoms with Gasteiger partial charge in [0, 0.05) is 24.5 Å². The third kappa shape index (κ3) is 6.83. The number of rotatable bonds is 10. The summed E-state index contributed by atoms with van der Waals surface area (Å²) in [6, 6.07) is 23.5. The zero-order valence-corrected chi connectivity index (χ0v) is 19.7. The first-order chi connectivity index (χ1) is 16.0. The van der Waals surface area contributed by atoms with Gasteiger partial charge in [0.05, 0.1) is 7.11 Å². The molecular weight excluding hydrogens is 436 g/mol. The number of nitrogens with one attached hydrogen (secondary N) is 1. The first kappa shape index (κ1) is 24.3. The standard InChI is InChI=1S/C27H29ClN2O3/c1-3-7-25(31)30(19-21-12-16-24(33-2)17-13-21)26(22-8-5-4-6-9-22)27(32)29-18-20-10-14-23(28)15-11-20/h4-6,8-17,26H,3,7,18-19H2,1-2H3,(H,29,32). The number of halogens is 1. The Balaban J connectivity index is 1.89. The average molecular weight is 465 g/mol. The van der Waals surface area contributed by atoms with Gasteiger partial charge < -0.3 is 15.0 Å². The number of ether oxygens (including phenoxy) is 1. The summed E-state index contributed by atoms with van der Waals surface area (Å²) in [4.78, 5) is 28.3. The van der Waals surface area contributed by atoms with Crippen molar-refractivity contribution in [1.29, 1.82) is 0 Å². The van der Waals surface area contributed by atoms with Crippen LogP contribution in [-0.2, 0) is 22.7 Å². The molecule has 3 aromatic carbocycles. The summed E-state index contributed by atoms with van der Waals surface area (Å²) in [6.07, 6.45) is 1.07. The minimum atomic E-state index is -0.750. The quantitative estimate of drug-likeness (QED) is 0.429. The van der Waals surface area contributed by atoms with E-state index in [4.69, 9.17) is 16.3 Å². The number of hydrogen-bond donors (Lipinski definition) is 1. The highest BCUT2D eigenvalue weighted by Gasteiger charge is 2.31. The average Bonchev–Trinajstić information content (AvgIpc) is 2.84. The molecule has 0 saturated heterocycles. The van der Waals surface area contributed by atoms with E-state index >= 15 is 0 Å². The molecule has 0 saturated carbocycles. The van der Waals surface area contributed by atoms with E-state index in [2.05, 4.69) is 5.32 Å². The summed E-state index contributed by atoms with van der Waals surface area (Å²) in [6.45, 7) is 2.62. The van der Waals surface area contributed by atoms with Gasteiger partial charge >= 0.3 is 0 Å². The Hall–Kier alpha value is -3.31. The number of methoxy groups -OCH3 is 1. The Bertz CT molecular complexity index is 1040. The molecule has 6 heteroatoms. The van der Waals surface area contributed by atoms with Crippen LogP contribution in [0.2, 0.25) is 5.02 Å². The minimum absolute atomic E-state index is 0.0659. The van der Waals surface area contributed by atoms with Crippen molar-refractivity contribution in [1.82, 2.24) is 10.2 Å². The van der Waals surface area contributed by atoms with Crippen LogP contribution in [0.3, 0.4) is 0 Å². The molecular formula is C27H29ClN2O3. The van der Waals surface area contributed by atoms with Crippen LogP contribution in [0.25, 0.3) is 0 Å². The molecule has 1 unspecified atom stereocenters. The van der Waals surface area contributed by atoms with E-state index in [1.807, 2.05) is 73.7 Å². The van der Waals surface area contributed by atoms with Crippen molar-refractivity contribution >= 4 is 23.4 Å². The third-order valence-electron chi connectivity index (χ3n) is 5.35. The van der Waals surface area contributed by atoms with Crippen molar-refractivity contribution < 1.29 is 14.3 Å². The fraction of sp³-hybridized carbons (Fsp3) is 0.259. The smallest absolute Gasteiger partial charge is 0.247 e. The van der Waals surface area contributed by atoms with E-state index in [0.717, 1.165) is 22.4 Å². The fourth-order valence-electron chi connectivity index (χ4n) is 3.60. The second kappa shape index (κ2) is 12.1. The number of carbonyl (C=O) groups is 2. The SMILES string of the molecule is CCCC(=O)N(Cc1ccc(OC)cc1)C(C(=O)NCc1ccc(Cl)cc1)c1ccccc1. The molecule has 0 bridgehead atoms. The van der Waals surface area contributed by atoms with E-state index in [1.54, 1.807) is 24.1 Å². The summed E-state index contributed by atoms with van der Waals surface area (Å²) in [5.41, 5.74) is 2.62. The molecule has 33 heavy (non-hydrogen) atoms. The van der Waals surface area contributed by atoms with Crippen LogP contribution in [0, 0.1) is 0 Å². The number of hydrogen-bond acceptors (Lipinski definition) is 3. The van der Waals surface area contributed by atoms with Crippen LogP contribution >= 0.6 is 11.6 Å². The Morgan fingerprint density at radius 3 is 2.18 bits per heavy atom. The second-order valence-corrected chi connectivity index (χ2v) is 8.21. The topological polar surface area (TPSA) is 58.6 Å². The van der Waals surface area contributed by atoms with Gasteiger partial charge in [0.1, 0.15) is 11.8 Å². The molecule has 3 rings (SSSR count). The predicted octanol–water partition coefficient (Wildman–Crippen LogP) is 5.54. The minimum Gasteiger partial charge on any atom is -0.497 e. The third-order valence-corrected chi connectivity index (χ3v) is 5.60. The lowest BCUT2D eigenvalue weighted by molar-refractivity contribution is -0.141. The normalized spacial score (nSPS) is 11.5. The van der Waals surface area contributed by atoms with Gasteiger partial charge in [0.2, 0.25) is 11.8 Å². The van der Waals surface area contributed by atoms with Gasteiger partial charge in [0.15, 0.2) is 0 Å². The lowest BCUT2D eigenvalue weighted by Gasteiger charge is -2.31. The molecule has 3 aromatic rings. The Kier molecular flexibility index (Phi) is 8.90. The molecule has 2 amide bonds. The van der Waals surface area contributed by atoms with E-state index in [1.165, 1.54) is 0 Å². The molecule has 0 aromatic heterocycles. The van der Waals surface area contributed by atoms with E-state index in [9.17, 15) is 9.59 Å². The second-order valence-electron chi connectivity index (χ2n) is 7.78. The molecule has 0 spiro atoms.